The van der Waals surface area contributed by atoms with Crippen molar-refractivity contribution < 1.29 is 19.1 Å². The van der Waals surface area contributed by atoms with E-state index in [9.17, 15) is 9.59 Å². The largest absolute Gasteiger partial charge is 0.346 e. The molecule has 1 heterocycles. The molecule has 124 valence electrons. The molecule has 1 saturated heterocycles. The second-order valence-corrected chi connectivity index (χ2v) is 5.42. The van der Waals surface area contributed by atoms with Gasteiger partial charge in [0.25, 0.3) is 5.91 Å². The molecular weight excluding hydrogens is 308 g/mol. The fourth-order valence-corrected chi connectivity index (χ4v) is 2.41. The van der Waals surface area contributed by atoms with Crippen LogP contribution in [-0.4, -0.2) is 32.6 Å². The Hall–Kier alpha value is -2.70. The summed E-state index contributed by atoms with van der Waals surface area (Å²) in [4.78, 5) is 24.6. The monoisotopic (exact) mass is 326 g/mol. The lowest BCUT2D eigenvalue weighted by Crippen LogP contribution is -2.16. The Bertz CT molecular complexity index is 724. The minimum Gasteiger partial charge on any atom is -0.346 e. The van der Waals surface area contributed by atoms with Gasteiger partial charge in [0.1, 0.15) is 0 Å². The summed E-state index contributed by atoms with van der Waals surface area (Å²) in [7, 11) is 1.63. The van der Waals surface area contributed by atoms with Gasteiger partial charge in [-0.1, -0.05) is 18.2 Å². The van der Waals surface area contributed by atoms with Crippen LogP contribution in [0.15, 0.2) is 48.5 Å². The summed E-state index contributed by atoms with van der Waals surface area (Å²) < 4.78 is 10.9. The van der Waals surface area contributed by atoms with Gasteiger partial charge in [-0.15, -0.1) is 0 Å². The number of amides is 2. The molecule has 0 aromatic heterocycles. The van der Waals surface area contributed by atoms with Gasteiger partial charge in [0.05, 0.1) is 13.2 Å². The van der Waals surface area contributed by atoms with Gasteiger partial charge in [-0.05, 0) is 30.3 Å². The standard InChI is InChI=1S/C18H18N2O4/c1-20(12-21)16-4-2-3-14(11-16)17(22)19-15-7-5-13(6-8-15)18-23-9-10-24-18/h2-8,11-12,18H,9-10H2,1H3,(H,19,22). The van der Waals surface area contributed by atoms with Crippen molar-refractivity contribution in [2.75, 3.05) is 30.5 Å². The summed E-state index contributed by atoms with van der Waals surface area (Å²) in [6, 6.07) is 14.2. The van der Waals surface area contributed by atoms with Crippen LogP contribution in [0.3, 0.4) is 0 Å². The van der Waals surface area contributed by atoms with Gasteiger partial charge in [-0.25, -0.2) is 0 Å². The predicted octanol–water partition coefficient (Wildman–Crippen LogP) is 2.58. The molecule has 6 heteroatoms. The van der Waals surface area contributed by atoms with E-state index in [1.165, 1.54) is 4.90 Å². The lowest BCUT2D eigenvalue weighted by Gasteiger charge is -2.13. The van der Waals surface area contributed by atoms with Gasteiger partial charge in [0.15, 0.2) is 6.29 Å². The fraction of sp³-hybridized carbons (Fsp3) is 0.222. The second-order valence-electron chi connectivity index (χ2n) is 5.42. The second kappa shape index (κ2) is 7.25. The highest BCUT2D eigenvalue weighted by Crippen LogP contribution is 2.24. The maximum atomic E-state index is 12.4. The van der Waals surface area contributed by atoms with E-state index in [2.05, 4.69) is 5.32 Å². The van der Waals surface area contributed by atoms with E-state index in [4.69, 9.17) is 9.47 Å². The van der Waals surface area contributed by atoms with Gasteiger partial charge in [-0.2, -0.15) is 0 Å². The fourth-order valence-electron chi connectivity index (χ4n) is 2.41. The highest BCUT2D eigenvalue weighted by Gasteiger charge is 2.18. The molecule has 0 unspecified atom stereocenters. The number of hydrogen-bond donors (Lipinski definition) is 1. The summed E-state index contributed by atoms with van der Waals surface area (Å²) in [6.45, 7) is 1.18. The summed E-state index contributed by atoms with van der Waals surface area (Å²) in [5.74, 6) is -0.239. The predicted molar refractivity (Wildman–Crippen MR) is 89.9 cm³/mol. The van der Waals surface area contributed by atoms with Crippen molar-refractivity contribution in [3.8, 4) is 0 Å². The number of carbonyl (C=O) groups excluding carboxylic acids is 2. The molecule has 0 spiro atoms. The van der Waals surface area contributed by atoms with Crippen molar-refractivity contribution >= 4 is 23.7 Å². The summed E-state index contributed by atoms with van der Waals surface area (Å²) >= 11 is 0. The molecule has 1 fully saturated rings. The van der Waals surface area contributed by atoms with Gasteiger partial charge in [0.2, 0.25) is 6.41 Å². The Balaban J connectivity index is 1.69. The molecular formula is C18H18N2O4. The van der Waals surface area contributed by atoms with Crippen molar-refractivity contribution in [3.05, 3.63) is 59.7 Å². The molecule has 1 aliphatic heterocycles. The van der Waals surface area contributed by atoms with E-state index in [-0.39, 0.29) is 12.2 Å². The maximum absolute atomic E-state index is 12.4. The topological polar surface area (TPSA) is 67.9 Å². The molecule has 2 amide bonds. The number of anilines is 2. The quantitative estimate of drug-likeness (QED) is 0.858. The first kappa shape index (κ1) is 16.2. The third-order valence-corrected chi connectivity index (χ3v) is 3.74. The molecule has 24 heavy (non-hydrogen) atoms. The molecule has 0 bridgehead atoms. The van der Waals surface area contributed by atoms with Crippen LogP contribution < -0.4 is 10.2 Å². The Kier molecular flexibility index (Phi) is 4.88. The SMILES string of the molecule is CN(C=O)c1cccc(C(=O)Nc2ccc(C3OCCO3)cc2)c1. The van der Waals surface area contributed by atoms with Crippen molar-refractivity contribution in [1.29, 1.82) is 0 Å². The maximum Gasteiger partial charge on any atom is 0.255 e. The normalized spacial score (nSPS) is 14.4. The van der Waals surface area contributed by atoms with Gasteiger partial charge in [0, 0.05) is 29.5 Å². The van der Waals surface area contributed by atoms with Gasteiger partial charge < -0.3 is 19.7 Å². The number of nitrogens with one attached hydrogen (secondary N) is 1. The number of hydrogen-bond acceptors (Lipinski definition) is 4. The zero-order chi connectivity index (χ0) is 16.9. The Morgan fingerprint density at radius 2 is 1.88 bits per heavy atom. The number of carbonyl (C=O) groups is 2. The van der Waals surface area contributed by atoms with Crippen molar-refractivity contribution in [2.45, 2.75) is 6.29 Å². The molecule has 1 N–H and O–H groups in total. The summed E-state index contributed by atoms with van der Waals surface area (Å²) in [5.41, 5.74) is 2.73. The highest BCUT2D eigenvalue weighted by atomic mass is 16.7. The molecule has 2 aromatic carbocycles. The Morgan fingerprint density at radius 1 is 1.17 bits per heavy atom. The Morgan fingerprint density at radius 3 is 2.54 bits per heavy atom. The van der Waals surface area contributed by atoms with Crippen LogP contribution >= 0.6 is 0 Å². The first-order valence-electron chi connectivity index (χ1n) is 7.60. The minimum atomic E-state index is -0.328. The van der Waals surface area contributed by atoms with Crippen LogP contribution in [0.2, 0.25) is 0 Å². The van der Waals surface area contributed by atoms with Crippen molar-refractivity contribution in [3.63, 3.8) is 0 Å². The third-order valence-electron chi connectivity index (χ3n) is 3.74. The highest BCUT2D eigenvalue weighted by molar-refractivity contribution is 6.05. The molecule has 1 aliphatic rings. The van der Waals surface area contributed by atoms with Crippen molar-refractivity contribution in [1.82, 2.24) is 0 Å². The van der Waals surface area contributed by atoms with Crippen LogP contribution in [0.25, 0.3) is 0 Å². The zero-order valence-electron chi connectivity index (χ0n) is 13.3. The van der Waals surface area contributed by atoms with Crippen LogP contribution in [-0.2, 0) is 14.3 Å². The smallest absolute Gasteiger partial charge is 0.255 e. The Labute approximate surface area is 140 Å². The lowest BCUT2D eigenvalue weighted by atomic mass is 10.1. The molecule has 0 saturated carbocycles. The average molecular weight is 326 g/mol. The van der Waals surface area contributed by atoms with Crippen molar-refractivity contribution in [2.24, 2.45) is 0 Å². The zero-order valence-corrected chi connectivity index (χ0v) is 13.3. The van der Waals surface area contributed by atoms with E-state index in [1.54, 1.807) is 43.4 Å². The number of rotatable bonds is 5. The van der Waals surface area contributed by atoms with Crippen LogP contribution in [0, 0.1) is 0 Å². The van der Waals surface area contributed by atoms with E-state index < -0.39 is 0 Å². The summed E-state index contributed by atoms with van der Waals surface area (Å²) in [5, 5.41) is 2.83. The number of benzene rings is 2. The van der Waals surface area contributed by atoms with Crippen LogP contribution in [0.5, 0.6) is 0 Å². The van der Waals surface area contributed by atoms with Gasteiger partial charge in [-0.3, -0.25) is 9.59 Å². The molecule has 6 nitrogen and oxygen atoms in total. The molecule has 2 aromatic rings. The van der Waals surface area contributed by atoms with Gasteiger partial charge >= 0.3 is 0 Å². The summed E-state index contributed by atoms with van der Waals surface area (Å²) in [6.07, 6.45) is 0.369. The van der Waals surface area contributed by atoms with E-state index in [1.807, 2.05) is 12.1 Å². The average Bonchev–Trinajstić information content (AvgIpc) is 3.16. The van der Waals surface area contributed by atoms with E-state index in [0.717, 1.165) is 5.56 Å². The molecule has 0 radical (unpaired) electrons. The third kappa shape index (κ3) is 3.61. The minimum absolute atomic E-state index is 0.239. The lowest BCUT2D eigenvalue weighted by molar-refractivity contribution is -0.107. The first-order chi connectivity index (χ1) is 11.7. The molecule has 0 atom stereocenters. The molecule has 0 aliphatic carbocycles. The number of nitrogens with zero attached hydrogens (tertiary/aromatic N) is 1. The van der Waals surface area contributed by atoms with Crippen LogP contribution in [0.1, 0.15) is 22.2 Å². The van der Waals surface area contributed by atoms with E-state index >= 15 is 0 Å². The number of ether oxygens (including phenoxy) is 2. The molecule has 3 rings (SSSR count). The van der Waals surface area contributed by atoms with E-state index in [0.29, 0.717) is 36.6 Å². The van der Waals surface area contributed by atoms with Crippen LogP contribution in [0.4, 0.5) is 11.4 Å². The first-order valence-corrected chi connectivity index (χ1v) is 7.60.